The molecule has 1 unspecified atom stereocenters. The molecule has 0 saturated carbocycles. The smallest absolute Gasteiger partial charge is 0.290 e. The topological polar surface area (TPSA) is 95.8 Å². The van der Waals surface area contributed by atoms with Gasteiger partial charge < -0.3 is 24.1 Å². The maximum atomic E-state index is 13.6. The van der Waals surface area contributed by atoms with Crippen LogP contribution < -0.4 is 0 Å². The van der Waals surface area contributed by atoms with Crippen LogP contribution in [0.5, 0.6) is 0 Å². The number of nitrogens with one attached hydrogen (secondary N) is 1. The van der Waals surface area contributed by atoms with Gasteiger partial charge in [0.15, 0.2) is 11.5 Å². The number of ketones is 1. The number of hydrogen-bond acceptors (Lipinski definition) is 5. The number of carbonyl (C=O) groups excluding carboxylic acids is 2. The molecule has 1 atom stereocenters. The first-order chi connectivity index (χ1) is 16.0. The molecule has 0 saturated heterocycles. The van der Waals surface area contributed by atoms with Crippen molar-refractivity contribution in [1.82, 2.24) is 9.88 Å². The van der Waals surface area contributed by atoms with Crippen molar-refractivity contribution in [3.8, 4) is 0 Å². The minimum absolute atomic E-state index is 0.00711. The van der Waals surface area contributed by atoms with Crippen molar-refractivity contribution in [2.24, 2.45) is 0 Å². The summed E-state index contributed by atoms with van der Waals surface area (Å²) in [4.78, 5) is 31.4. The number of amides is 1. The zero-order valence-electron chi connectivity index (χ0n) is 17.8. The van der Waals surface area contributed by atoms with Crippen LogP contribution in [0.15, 0.2) is 70.5 Å². The van der Waals surface area contributed by atoms with Gasteiger partial charge in [-0.05, 0) is 36.8 Å². The highest BCUT2D eigenvalue weighted by Crippen LogP contribution is 2.42. The van der Waals surface area contributed by atoms with Crippen molar-refractivity contribution in [1.29, 1.82) is 0 Å². The highest BCUT2D eigenvalue weighted by molar-refractivity contribution is 6.31. The average Bonchev–Trinajstić information content (AvgIpc) is 3.49. The first-order valence-corrected chi connectivity index (χ1v) is 10.9. The van der Waals surface area contributed by atoms with Crippen molar-refractivity contribution < 1.29 is 23.8 Å². The maximum absolute atomic E-state index is 13.6. The molecular formula is C25H21ClN2O5. The summed E-state index contributed by atoms with van der Waals surface area (Å²) in [6.07, 6.45) is 2.33. The van der Waals surface area contributed by atoms with Crippen LogP contribution in [0.25, 0.3) is 21.9 Å². The van der Waals surface area contributed by atoms with Gasteiger partial charge in [0, 0.05) is 53.3 Å². The van der Waals surface area contributed by atoms with E-state index in [9.17, 15) is 14.7 Å². The van der Waals surface area contributed by atoms with Crippen LogP contribution in [-0.4, -0.2) is 46.9 Å². The second-order valence-corrected chi connectivity index (χ2v) is 8.36. The lowest BCUT2D eigenvalue weighted by atomic mass is 9.94. The van der Waals surface area contributed by atoms with E-state index in [-0.39, 0.29) is 11.3 Å². The molecule has 2 N–H and O–H groups in total. The largest absolute Gasteiger partial charge is 0.503 e. The monoisotopic (exact) mass is 464 g/mol. The zero-order valence-corrected chi connectivity index (χ0v) is 18.6. The number of furan rings is 1. The molecule has 0 spiro atoms. The molecule has 0 aliphatic carbocycles. The van der Waals surface area contributed by atoms with Gasteiger partial charge in [-0.15, -0.1) is 0 Å². The molecule has 2 aromatic heterocycles. The van der Waals surface area contributed by atoms with Gasteiger partial charge in [0.2, 0.25) is 5.78 Å². The maximum Gasteiger partial charge on any atom is 0.290 e. The number of Topliss-reactive ketones (excluding diaryl/α,β-unsaturated/α-hetero) is 1. The molecular weight excluding hydrogens is 444 g/mol. The molecule has 4 aromatic rings. The van der Waals surface area contributed by atoms with Gasteiger partial charge in [-0.2, -0.15) is 0 Å². The quantitative estimate of drug-likeness (QED) is 0.290. The van der Waals surface area contributed by atoms with Gasteiger partial charge in [0.1, 0.15) is 5.58 Å². The van der Waals surface area contributed by atoms with Gasteiger partial charge in [-0.1, -0.05) is 29.8 Å². The van der Waals surface area contributed by atoms with Crippen LogP contribution in [-0.2, 0) is 9.53 Å². The number of nitrogens with zero attached hydrogens (tertiary/aromatic N) is 1. The predicted octanol–water partition coefficient (Wildman–Crippen LogP) is 5.18. The lowest BCUT2D eigenvalue weighted by molar-refractivity contribution is -0.129. The number of para-hydroxylation sites is 1. The number of hydrogen-bond donors (Lipinski definition) is 2. The Hall–Kier alpha value is -3.55. The molecule has 1 amide bonds. The summed E-state index contributed by atoms with van der Waals surface area (Å²) in [6.45, 7) is 0.756. The Balaban J connectivity index is 1.62. The molecule has 0 radical (unpaired) electrons. The highest BCUT2D eigenvalue weighted by atomic mass is 35.5. The van der Waals surface area contributed by atoms with Crippen LogP contribution >= 0.6 is 11.6 Å². The second kappa shape index (κ2) is 8.42. The normalized spacial score (nSPS) is 16.5. The van der Waals surface area contributed by atoms with Gasteiger partial charge in [0.25, 0.3) is 5.91 Å². The van der Waals surface area contributed by atoms with Crippen molar-refractivity contribution in [2.45, 2.75) is 12.5 Å². The van der Waals surface area contributed by atoms with Gasteiger partial charge in [-0.25, -0.2) is 0 Å². The van der Waals surface area contributed by atoms with Crippen LogP contribution in [0.3, 0.4) is 0 Å². The molecule has 7 nitrogen and oxygen atoms in total. The fourth-order valence-corrected chi connectivity index (χ4v) is 4.58. The Kier molecular flexibility index (Phi) is 5.44. The Morgan fingerprint density at radius 1 is 1.24 bits per heavy atom. The van der Waals surface area contributed by atoms with Gasteiger partial charge in [-0.3, -0.25) is 9.59 Å². The summed E-state index contributed by atoms with van der Waals surface area (Å²) in [5, 5.41) is 12.9. The lowest BCUT2D eigenvalue weighted by Crippen LogP contribution is -2.32. The first-order valence-electron chi connectivity index (χ1n) is 10.5. The molecule has 8 heteroatoms. The lowest BCUT2D eigenvalue weighted by Gasteiger charge is -2.26. The number of carbonyl (C=O) groups is 2. The third kappa shape index (κ3) is 3.59. The van der Waals surface area contributed by atoms with E-state index in [2.05, 4.69) is 4.98 Å². The molecule has 5 rings (SSSR count). The number of aromatic nitrogens is 1. The molecule has 0 fully saturated rings. The number of fused-ring (bicyclic) bond motifs is 2. The van der Waals surface area contributed by atoms with Crippen LogP contribution in [0, 0.1) is 0 Å². The summed E-state index contributed by atoms with van der Waals surface area (Å²) < 4.78 is 10.9. The molecule has 33 heavy (non-hydrogen) atoms. The SMILES string of the molecule is COCCCN1C(=O)C(O)=C(C(=O)c2cc3cc(Cl)ccc3o2)C1c1c[nH]c2ccccc12. The van der Waals surface area contributed by atoms with E-state index >= 15 is 0 Å². The van der Waals surface area contributed by atoms with Crippen LogP contribution in [0.2, 0.25) is 5.02 Å². The second-order valence-electron chi connectivity index (χ2n) is 7.92. The molecule has 168 valence electrons. The summed E-state index contributed by atoms with van der Waals surface area (Å²) in [5.74, 6) is -1.67. The molecule has 3 heterocycles. The Labute approximate surface area is 194 Å². The number of aliphatic hydroxyl groups is 1. The minimum Gasteiger partial charge on any atom is -0.503 e. The number of benzene rings is 2. The number of H-pyrrole nitrogens is 1. The fourth-order valence-electron chi connectivity index (χ4n) is 4.40. The Morgan fingerprint density at radius 2 is 2.06 bits per heavy atom. The van der Waals surface area contributed by atoms with Crippen molar-refractivity contribution in [2.75, 3.05) is 20.3 Å². The summed E-state index contributed by atoms with van der Waals surface area (Å²) >= 11 is 6.06. The van der Waals surface area contributed by atoms with Crippen molar-refractivity contribution >= 4 is 45.2 Å². The third-order valence-electron chi connectivity index (χ3n) is 5.91. The Bertz CT molecular complexity index is 1420. The minimum atomic E-state index is -0.769. The molecule has 1 aliphatic heterocycles. The third-order valence-corrected chi connectivity index (χ3v) is 6.15. The van der Waals surface area contributed by atoms with E-state index in [1.54, 1.807) is 37.6 Å². The van der Waals surface area contributed by atoms with Crippen molar-refractivity contribution in [3.63, 3.8) is 0 Å². The summed E-state index contributed by atoms with van der Waals surface area (Å²) in [5.41, 5.74) is 2.08. The van der Waals surface area contributed by atoms with Crippen LogP contribution in [0.1, 0.15) is 28.6 Å². The molecule has 2 aromatic carbocycles. The molecule has 0 bridgehead atoms. The predicted molar refractivity (Wildman–Crippen MR) is 124 cm³/mol. The number of halogens is 1. The summed E-state index contributed by atoms with van der Waals surface area (Å²) in [7, 11) is 1.58. The number of methoxy groups -OCH3 is 1. The average molecular weight is 465 g/mol. The number of rotatable bonds is 7. The van der Waals surface area contributed by atoms with Crippen molar-refractivity contribution in [3.05, 3.63) is 82.4 Å². The number of aromatic amines is 1. The number of ether oxygens (including phenoxy) is 1. The highest BCUT2D eigenvalue weighted by Gasteiger charge is 2.45. The van der Waals surface area contributed by atoms with E-state index < -0.39 is 23.5 Å². The van der Waals surface area contributed by atoms with E-state index in [1.165, 1.54) is 4.90 Å². The standard InChI is InChI=1S/C25H21ClN2O5/c1-32-10-4-9-28-22(17-13-27-18-6-3-2-5-16(17)18)21(24(30)25(28)31)23(29)20-12-14-11-15(26)7-8-19(14)33-20/h2-3,5-8,11-13,22,27,30H,4,9-10H2,1H3. The van der Waals surface area contributed by atoms with E-state index in [1.807, 2.05) is 24.3 Å². The molecule has 1 aliphatic rings. The number of aliphatic hydroxyl groups excluding tert-OH is 1. The van der Waals surface area contributed by atoms with Gasteiger partial charge in [0.05, 0.1) is 11.6 Å². The van der Waals surface area contributed by atoms with Gasteiger partial charge >= 0.3 is 0 Å². The first kappa shape index (κ1) is 21.3. The van der Waals surface area contributed by atoms with E-state index in [4.69, 9.17) is 20.8 Å². The van der Waals surface area contributed by atoms with E-state index in [0.717, 1.165) is 16.5 Å². The van der Waals surface area contributed by atoms with Crippen LogP contribution in [0.4, 0.5) is 0 Å². The van der Waals surface area contributed by atoms with E-state index in [0.29, 0.717) is 35.6 Å². The summed E-state index contributed by atoms with van der Waals surface area (Å²) in [6, 6.07) is 13.5. The Morgan fingerprint density at radius 3 is 2.88 bits per heavy atom. The zero-order chi connectivity index (χ0) is 23.1. The fraction of sp³-hybridized carbons (Fsp3) is 0.200.